The van der Waals surface area contributed by atoms with Crippen LogP contribution in [0.3, 0.4) is 0 Å². The van der Waals surface area contributed by atoms with E-state index in [0.717, 1.165) is 0 Å². The molecule has 1 atom stereocenters. The number of carboxylic acids is 1. The molecule has 1 heterocycles. The van der Waals surface area contributed by atoms with E-state index in [1.807, 2.05) is 0 Å². The van der Waals surface area contributed by atoms with Crippen molar-refractivity contribution in [2.24, 2.45) is 0 Å². The Morgan fingerprint density at radius 1 is 1.38 bits per heavy atom. The van der Waals surface area contributed by atoms with E-state index < -0.39 is 40.0 Å². The van der Waals surface area contributed by atoms with Gasteiger partial charge in [0, 0.05) is 6.54 Å². The highest BCUT2D eigenvalue weighted by molar-refractivity contribution is 7.89. The fraction of sp³-hybridized carbons (Fsp3) is 0.857. The van der Waals surface area contributed by atoms with Crippen molar-refractivity contribution in [3.05, 3.63) is 0 Å². The maximum Gasteiger partial charge on any atom is 0.418 e. The molecule has 1 rings (SSSR count). The summed E-state index contributed by atoms with van der Waals surface area (Å²) in [4.78, 5) is 10.7. The van der Waals surface area contributed by atoms with Crippen LogP contribution in [0, 0.1) is 0 Å². The number of halogens is 3. The highest BCUT2D eigenvalue weighted by Crippen LogP contribution is 2.39. The number of hydrogen-bond acceptors (Lipinski definition) is 3. The average molecular weight is 261 g/mol. The highest BCUT2D eigenvalue weighted by Gasteiger charge is 2.64. The molecule has 16 heavy (non-hydrogen) atoms. The van der Waals surface area contributed by atoms with E-state index in [1.54, 1.807) is 0 Å². The standard InChI is InChI=1S/C7H10F3NO4S/c1-6(5(12)13,7(8,9)10)11-3-2-4-16(11,14)15/h2-4H2,1H3,(H,12,13). The van der Waals surface area contributed by atoms with Gasteiger partial charge >= 0.3 is 12.1 Å². The summed E-state index contributed by atoms with van der Waals surface area (Å²) in [6.07, 6.45) is -5.16. The predicted octanol–water partition coefficient (Wildman–Crippen LogP) is 0.428. The summed E-state index contributed by atoms with van der Waals surface area (Å²) in [5.41, 5.74) is -3.39. The van der Waals surface area contributed by atoms with Gasteiger partial charge in [0.2, 0.25) is 15.6 Å². The number of carbonyl (C=O) groups is 1. The van der Waals surface area contributed by atoms with Crippen molar-refractivity contribution in [2.45, 2.75) is 25.1 Å². The Balaban J connectivity index is 3.30. The Kier molecular flexibility index (Phi) is 2.97. The molecule has 0 aromatic carbocycles. The van der Waals surface area contributed by atoms with Crippen LogP contribution in [0.2, 0.25) is 0 Å². The molecule has 5 nitrogen and oxygen atoms in total. The smallest absolute Gasteiger partial charge is 0.418 e. The maximum atomic E-state index is 12.7. The Labute approximate surface area is 89.9 Å². The van der Waals surface area contributed by atoms with Crippen molar-refractivity contribution in [1.29, 1.82) is 0 Å². The molecule has 1 fully saturated rings. The molecule has 0 aromatic heterocycles. The summed E-state index contributed by atoms with van der Waals surface area (Å²) in [6, 6.07) is 0. The molecule has 0 amide bonds. The van der Waals surface area contributed by atoms with Crippen molar-refractivity contribution in [3.8, 4) is 0 Å². The largest absolute Gasteiger partial charge is 0.480 e. The highest BCUT2D eigenvalue weighted by atomic mass is 32.2. The van der Waals surface area contributed by atoms with Crippen molar-refractivity contribution >= 4 is 16.0 Å². The molecule has 0 saturated carbocycles. The first-order valence-electron chi connectivity index (χ1n) is 4.34. The summed E-state index contributed by atoms with van der Waals surface area (Å²) >= 11 is 0. The van der Waals surface area contributed by atoms with E-state index in [-0.39, 0.29) is 10.7 Å². The summed E-state index contributed by atoms with van der Waals surface area (Å²) in [5.74, 6) is -2.67. The minimum Gasteiger partial charge on any atom is -0.480 e. The number of sulfonamides is 1. The number of aliphatic carboxylic acids is 1. The van der Waals surface area contributed by atoms with Gasteiger partial charge in [0.25, 0.3) is 0 Å². The second kappa shape index (κ2) is 3.59. The zero-order chi connectivity index (χ0) is 12.8. The Morgan fingerprint density at radius 2 is 1.88 bits per heavy atom. The van der Waals surface area contributed by atoms with Gasteiger partial charge in [-0.15, -0.1) is 0 Å². The number of alkyl halides is 3. The second-order valence-corrected chi connectivity index (χ2v) is 5.63. The van der Waals surface area contributed by atoms with E-state index >= 15 is 0 Å². The third-order valence-corrected chi connectivity index (χ3v) is 4.59. The number of rotatable bonds is 2. The lowest BCUT2D eigenvalue weighted by Crippen LogP contribution is -2.62. The fourth-order valence-corrected chi connectivity index (χ4v) is 3.37. The molecular formula is C7H10F3NO4S. The molecule has 1 N–H and O–H groups in total. The molecule has 0 radical (unpaired) electrons. The van der Waals surface area contributed by atoms with Crippen molar-refractivity contribution in [3.63, 3.8) is 0 Å². The van der Waals surface area contributed by atoms with Gasteiger partial charge in [0.1, 0.15) is 0 Å². The van der Waals surface area contributed by atoms with Gasteiger partial charge in [-0.3, -0.25) is 0 Å². The van der Waals surface area contributed by atoms with Crippen molar-refractivity contribution in [1.82, 2.24) is 4.31 Å². The number of carboxylic acid groups (broad SMARTS) is 1. The Bertz CT molecular complexity index is 404. The van der Waals surface area contributed by atoms with Crippen LogP contribution < -0.4 is 0 Å². The van der Waals surface area contributed by atoms with Gasteiger partial charge in [0.15, 0.2) is 0 Å². The maximum absolute atomic E-state index is 12.7. The summed E-state index contributed by atoms with van der Waals surface area (Å²) < 4.78 is 60.7. The van der Waals surface area contributed by atoms with Gasteiger partial charge in [-0.2, -0.15) is 17.5 Å². The van der Waals surface area contributed by atoms with Crippen LogP contribution >= 0.6 is 0 Å². The van der Waals surface area contributed by atoms with Gasteiger partial charge in [-0.1, -0.05) is 0 Å². The molecule has 0 spiro atoms. The zero-order valence-corrected chi connectivity index (χ0v) is 9.10. The van der Waals surface area contributed by atoms with Crippen LogP contribution in [0.4, 0.5) is 13.2 Å². The third-order valence-electron chi connectivity index (χ3n) is 2.57. The topological polar surface area (TPSA) is 74.7 Å². The number of hydrogen-bond donors (Lipinski definition) is 1. The average Bonchev–Trinajstić information content (AvgIpc) is 2.41. The normalized spacial score (nSPS) is 25.2. The van der Waals surface area contributed by atoms with Gasteiger partial charge in [-0.25, -0.2) is 13.2 Å². The molecule has 1 unspecified atom stereocenters. The van der Waals surface area contributed by atoms with Gasteiger partial charge in [-0.05, 0) is 13.3 Å². The molecule has 0 bridgehead atoms. The van der Waals surface area contributed by atoms with E-state index in [4.69, 9.17) is 5.11 Å². The van der Waals surface area contributed by atoms with Crippen LogP contribution in [-0.4, -0.2) is 47.8 Å². The van der Waals surface area contributed by atoms with Crippen LogP contribution in [0.15, 0.2) is 0 Å². The summed E-state index contributed by atoms with van der Waals surface area (Å²) in [6.45, 7) is -0.0666. The van der Waals surface area contributed by atoms with Crippen LogP contribution in [0.1, 0.15) is 13.3 Å². The summed E-state index contributed by atoms with van der Waals surface area (Å²) in [5, 5.41) is 8.63. The van der Waals surface area contributed by atoms with Gasteiger partial charge in [0.05, 0.1) is 5.75 Å². The van der Waals surface area contributed by atoms with E-state index in [2.05, 4.69) is 0 Å². The first-order valence-corrected chi connectivity index (χ1v) is 5.95. The van der Waals surface area contributed by atoms with Crippen LogP contribution in [0.25, 0.3) is 0 Å². The SMILES string of the molecule is CC(C(=O)O)(N1CCCS1(=O)=O)C(F)(F)F. The van der Waals surface area contributed by atoms with Crippen molar-refractivity contribution < 1.29 is 31.5 Å². The third kappa shape index (κ3) is 1.77. The monoisotopic (exact) mass is 261 g/mol. The minimum absolute atomic E-state index is 0.00127. The molecule has 0 aromatic rings. The number of nitrogens with zero attached hydrogens (tertiary/aromatic N) is 1. The lowest BCUT2D eigenvalue weighted by Gasteiger charge is -2.34. The molecule has 1 saturated heterocycles. The predicted molar refractivity (Wildman–Crippen MR) is 47.2 cm³/mol. The Hall–Kier alpha value is -0.830. The molecule has 1 aliphatic rings. The van der Waals surface area contributed by atoms with E-state index in [9.17, 15) is 26.4 Å². The first kappa shape index (κ1) is 13.2. The van der Waals surface area contributed by atoms with Crippen molar-refractivity contribution in [2.75, 3.05) is 12.3 Å². The molecule has 94 valence electrons. The molecule has 0 aliphatic carbocycles. The Morgan fingerprint density at radius 3 is 2.12 bits per heavy atom. The van der Waals surface area contributed by atoms with E-state index in [0.29, 0.717) is 6.92 Å². The fourth-order valence-electron chi connectivity index (χ4n) is 1.51. The lowest BCUT2D eigenvalue weighted by atomic mass is 10.0. The molecular weight excluding hydrogens is 251 g/mol. The summed E-state index contributed by atoms with van der Waals surface area (Å²) in [7, 11) is -4.14. The molecule has 1 aliphatic heterocycles. The van der Waals surface area contributed by atoms with Gasteiger partial charge < -0.3 is 5.11 Å². The first-order chi connectivity index (χ1) is 7.03. The van der Waals surface area contributed by atoms with Crippen LogP contribution in [-0.2, 0) is 14.8 Å². The van der Waals surface area contributed by atoms with E-state index in [1.165, 1.54) is 0 Å². The second-order valence-electron chi connectivity index (χ2n) is 3.62. The quantitative estimate of drug-likeness (QED) is 0.782. The lowest BCUT2D eigenvalue weighted by molar-refractivity contribution is -0.220. The molecule has 9 heteroatoms. The zero-order valence-electron chi connectivity index (χ0n) is 8.28. The van der Waals surface area contributed by atoms with Crippen LogP contribution in [0.5, 0.6) is 0 Å². The minimum atomic E-state index is -5.16.